The molecule has 0 N–H and O–H groups in total. The fourth-order valence-corrected chi connectivity index (χ4v) is 7.22. The monoisotopic (exact) mass is 233 g/mol. The molecule has 1 unspecified atom stereocenters. The van der Waals surface area contributed by atoms with Gasteiger partial charge in [0.2, 0.25) is 0 Å². The van der Waals surface area contributed by atoms with Gasteiger partial charge in [-0.1, -0.05) is 6.55 Å². The number of nitrogens with zero attached hydrogens (tertiary/aromatic N) is 3. The molecular weight excluding hydrogens is 206 g/mol. The lowest BCUT2D eigenvalue weighted by Gasteiger charge is -2.30. The summed E-state index contributed by atoms with van der Waals surface area (Å²) in [5.74, 6) is 0. The van der Waals surface area contributed by atoms with Crippen LogP contribution in [-0.4, -0.2) is 74.1 Å². The average Bonchev–Trinajstić information content (AvgIpc) is 2.02. The summed E-state index contributed by atoms with van der Waals surface area (Å²) in [7, 11) is 11.9. The number of hydrogen-bond acceptors (Lipinski definition) is 3. The summed E-state index contributed by atoms with van der Waals surface area (Å²) in [5.41, 5.74) is 0. The number of rotatable bonds is 6. The van der Waals surface area contributed by atoms with Gasteiger partial charge in [0.05, 0.1) is 0 Å². The van der Waals surface area contributed by atoms with Crippen molar-refractivity contribution in [1.82, 2.24) is 13.7 Å². The van der Waals surface area contributed by atoms with Crippen LogP contribution in [0.4, 0.5) is 0 Å². The molecule has 0 bridgehead atoms. The maximum absolute atomic E-state index is 2.44. The zero-order chi connectivity index (χ0) is 11.3. The lowest BCUT2D eigenvalue weighted by Crippen LogP contribution is -2.46. The molecule has 0 saturated heterocycles. The molecule has 3 nitrogen and oxygen atoms in total. The smallest absolute Gasteiger partial charge is 0.188 e. The van der Waals surface area contributed by atoms with E-state index in [9.17, 15) is 0 Å². The SMILES string of the molecule is CN(C)[SiH](C)CC[SiH](N(C)C)N(C)C. The Hall–Kier alpha value is 0.314. The molecule has 0 aromatic rings. The highest BCUT2D eigenvalue weighted by molar-refractivity contribution is 6.59. The van der Waals surface area contributed by atoms with Crippen LogP contribution in [0.5, 0.6) is 0 Å². The summed E-state index contributed by atoms with van der Waals surface area (Å²) in [4.78, 5) is 0. The van der Waals surface area contributed by atoms with E-state index in [-0.39, 0.29) is 0 Å². The van der Waals surface area contributed by atoms with Gasteiger partial charge in [0.25, 0.3) is 0 Å². The largest absolute Gasteiger partial charge is 0.332 e. The van der Waals surface area contributed by atoms with E-state index in [4.69, 9.17) is 0 Å². The van der Waals surface area contributed by atoms with E-state index in [1.165, 1.54) is 12.1 Å². The van der Waals surface area contributed by atoms with Gasteiger partial charge >= 0.3 is 0 Å². The van der Waals surface area contributed by atoms with Gasteiger partial charge in [0.1, 0.15) is 8.96 Å². The first-order valence-corrected chi connectivity index (χ1v) is 9.69. The van der Waals surface area contributed by atoms with E-state index in [2.05, 4.69) is 62.5 Å². The molecule has 86 valence electrons. The summed E-state index contributed by atoms with van der Waals surface area (Å²) in [5, 5.41) is 0. The summed E-state index contributed by atoms with van der Waals surface area (Å²) in [6.45, 7) is 2.44. The standard InChI is InChI=1S/C9H27N3Si2/c1-10(2)13(7)8-9-14(11(3)4)12(5)6/h13-14H,8-9H2,1-7H3. The van der Waals surface area contributed by atoms with Gasteiger partial charge in [-0.3, -0.25) is 0 Å². The first-order valence-electron chi connectivity index (χ1n) is 5.35. The van der Waals surface area contributed by atoms with Gasteiger partial charge in [-0.05, 0) is 54.4 Å². The van der Waals surface area contributed by atoms with Crippen LogP contribution in [-0.2, 0) is 0 Å². The molecule has 0 rings (SSSR count). The van der Waals surface area contributed by atoms with E-state index in [1.807, 2.05) is 0 Å². The van der Waals surface area contributed by atoms with Crippen molar-refractivity contribution in [3.05, 3.63) is 0 Å². The van der Waals surface area contributed by atoms with Gasteiger partial charge < -0.3 is 13.7 Å². The molecule has 0 amide bonds. The minimum absolute atomic E-state index is 0.599. The lowest BCUT2D eigenvalue weighted by atomic mass is 10.9. The van der Waals surface area contributed by atoms with Crippen molar-refractivity contribution in [1.29, 1.82) is 0 Å². The molecule has 0 heterocycles. The molecule has 0 spiro atoms. The molecule has 0 aliphatic carbocycles. The molecule has 1 atom stereocenters. The highest BCUT2D eigenvalue weighted by atomic mass is 28.3. The third-order valence-electron chi connectivity index (χ3n) is 2.92. The molecule has 5 heteroatoms. The summed E-state index contributed by atoms with van der Waals surface area (Å²) in [6.07, 6.45) is 0. The van der Waals surface area contributed by atoms with Crippen LogP contribution in [0.1, 0.15) is 0 Å². The van der Waals surface area contributed by atoms with E-state index < -0.39 is 18.1 Å². The predicted octanol–water partition coefficient (Wildman–Crippen LogP) is 0.245. The average molecular weight is 234 g/mol. The minimum atomic E-state index is -0.803. The predicted molar refractivity (Wildman–Crippen MR) is 70.8 cm³/mol. The van der Waals surface area contributed by atoms with Gasteiger partial charge in [-0.25, -0.2) is 0 Å². The Morgan fingerprint density at radius 3 is 1.43 bits per heavy atom. The fourth-order valence-electron chi connectivity index (χ4n) is 1.63. The maximum atomic E-state index is 2.44. The van der Waals surface area contributed by atoms with Crippen LogP contribution >= 0.6 is 0 Å². The van der Waals surface area contributed by atoms with Crippen molar-refractivity contribution in [2.24, 2.45) is 0 Å². The van der Waals surface area contributed by atoms with Crippen molar-refractivity contribution in [2.45, 2.75) is 18.6 Å². The van der Waals surface area contributed by atoms with Crippen LogP contribution in [0.2, 0.25) is 18.6 Å². The molecule has 0 saturated carbocycles. The van der Waals surface area contributed by atoms with Gasteiger partial charge in [-0.15, -0.1) is 0 Å². The molecule has 14 heavy (non-hydrogen) atoms. The van der Waals surface area contributed by atoms with Crippen molar-refractivity contribution >= 4 is 18.1 Å². The number of hydrogen-bond donors (Lipinski definition) is 0. The Morgan fingerprint density at radius 2 is 1.14 bits per heavy atom. The topological polar surface area (TPSA) is 9.72 Å². The maximum Gasteiger partial charge on any atom is 0.188 e. The van der Waals surface area contributed by atoms with Gasteiger partial charge in [0.15, 0.2) is 9.12 Å². The Kier molecular flexibility index (Phi) is 6.89. The second-order valence-electron chi connectivity index (χ2n) is 4.80. The Balaban J connectivity index is 3.94. The molecule has 0 radical (unpaired) electrons. The summed E-state index contributed by atoms with van der Waals surface area (Å²) in [6, 6.07) is 2.87. The van der Waals surface area contributed by atoms with Gasteiger partial charge in [-0.2, -0.15) is 0 Å². The Morgan fingerprint density at radius 1 is 0.714 bits per heavy atom. The molecule has 0 aliphatic rings. The van der Waals surface area contributed by atoms with Crippen LogP contribution in [0.25, 0.3) is 0 Å². The molecule has 0 aliphatic heterocycles. The van der Waals surface area contributed by atoms with E-state index in [0.29, 0.717) is 0 Å². The molecule has 0 aromatic carbocycles. The minimum Gasteiger partial charge on any atom is -0.332 e. The first-order chi connectivity index (χ1) is 6.36. The van der Waals surface area contributed by atoms with Crippen molar-refractivity contribution in [3.8, 4) is 0 Å². The van der Waals surface area contributed by atoms with E-state index in [0.717, 1.165) is 0 Å². The van der Waals surface area contributed by atoms with Crippen LogP contribution in [0.15, 0.2) is 0 Å². The molecular formula is C9H27N3Si2. The van der Waals surface area contributed by atoms with Crippen LogP contribution in [0.3, 0.4) is 0 Å². The molecule has 0 fully saturated rings. The lowest BCUT2D eigenvalue weighted by molar-refractivity contribution is 0.514. The fraction of sp³-hybridized carbons (Fsp3) is 1.00. The zero-order valence-corrected chi connectivity index (χ0v) is 13.2. The van der Waals surface area contributed by atoms with E-state index in [1.54, 1.807) is 0 Å². The van der Waals surface area contributed by atoms with Crippen LogP contribution < -0.4 is 0 Å². The zero-order valence-electron chi connectivity index (χ0n) is 10.9. The quantitative estimate of drug-likeness (QED) is 0.609. The third-order valence-corrected chi connectivity index (χ3v) is 9.75. The highest BCUT2D eigenvalue weighted by Crippen LogP contribution is 2.07. The summed E-state index contributed by atoms with van der Waals surface area (Å²) >= 11 is 0. The summed E-state index contributed by atoms with van der Waals surface area (Å²) < 4.78 is 7.32. The third kappa shape index (κ3) is 5.26. The molecule has 0 aromatic heterocycles. The van der Waals surface area contributed by atoms with Crippen molar-refractivity contribution in [3.63, 3.8) is 0 Å². The second kappa shape index (κ2) is 6.73. The van der Waals surface area contributed by atoms with Crippen molar-refractivity contribution < 1.29 is 0 Å². The Labute approximate surface area is 93.1 Å². The second-order valence-corrected chi connectivity index (χ2v) is 11.7. The van der Waals surface area contributed by atoms with Crippen LogP contribution in [0, 0.1) is 0 Å². The van der Waals surface area contributed by atoms with Crippen molar-refractivity contribution in [2.75, 3.05) is 42.3 Å². The first kappa shape index (κ1) is 14.3. The highest BCUT2D eigenvalue weighted by Gasteiger charge is 2.18. The normalized spacial score (nSPS) is 14.8. The Bertz CT molecular complexity index is 143. The van der Waals surface area contributed by atoms with Gasteiger partial charge in [0, 0.05) is 0 Å². The van der Waals surface area contributed by atoms with E-state index >= 15 is 0 Å².